The maximum atomic E-state index is 12.1. The summed E-state index contributed by atoms with van der Waals surface area (Å²) in [5.41, 5.74) is 0. The predicted molar refractivity (Wildman–Crippen MR) is 83.1 cm³/mol. The van der Waals surface area contributed by atoms with Crippen LogP contribution in [0.5, 0.6) is 5.75 Å². The van der Waals surface area contributed by atoms with Gasteiger partial charge < -0.3 is 14.8 Å². The third-order valence-corrected chi connectivity index (χ3v) is 3.99. The van der Waals surface area contributed by atoms with E-state index in [0.717, 1.165) is 19.4 Å². The van der Waals surface area contributed by atoms with Gasteiger partial charge in [-0.3, -0.25) is 4.79 Å². The number of halogens is 2. The van der Waals surface area contributed by atoms with Crippen LogP contribution in [-0.2, 0) is 9.53 Å². The minimum atomic E-state index is -0.646. The minimum absolute atomic E-state index is 0.0354. The summed E-state index contributed by atoms with van der Waals surface area (Å²) in [5.74, 6) is 0.248. The number of carbonyl (C=O) groups excluding carboxylic acids is 1. The van der Waals surface area contributed by atoms with Crippen LogP contribution in [0.3, 0.4) is 0 Å². The van der Waals surface area contributed by atoms with E-state index in [0.29, 0.717) is 15.8 Å². The summed E-state index contributed by atoms with van der Waals surface area (Å²) in [5, 5.41) is 3.82. The lowest BCUT2D eigenvalue weighted by atomic mass is 10.1. The molecule has 1 amide bonds. The predicted octanol–water partition coefficient (Wildman–Crippen LogP) is 3.44. The van der Waals surface area contributed by atoms with E-state index < -0.39 is 6.10 Å². The molecule has 0 spiro atoms. The lowest BCUT2D eigenvalue weighted by Gasteiger charge is -2.22. The molecular weight excluding hydrogens is 313 g/mol. The Morgan fingerprint density at radius 2 is 2.19 bits per heavy atom. The molecule has 0 radical (unpaired) electrons. The minimum Gasteiger partial charge on any atom is -0.479 e. The number of ether oxygens (including phenoxy) is 2. The van der Waals surface area contributed by atoms with E-state index in [1.165, 1.54) is 0 Å². The number of carbonyl (C=O) groups is 1. The van der Waals surface area contributed by atoms with Crippen LogP contribution in [0.15, 0.2) is 18.2 Å². The average molecular weight is 332 g/mol. The molecule has 21 heavy (non-hydrogen) atoms. The van der Waals surface area contributed by atoms with E-state index in [1.807, 2.05) is 6.92 Å². The van der Waals surface area contributed by atoms with Crippen LogP contribution < -0.4 is 10.1 Å². The fraction of sp³-hybridized carbons (Fsp3) is 0.533. The molecule has 116 valence electrons. The normalized spacial score (nSPS) is 20.9. The van der Waals surface area contributed by atoms with Crippen molar-refractivity contribution >= 4 is 29.1 Å². The van der Waals surface area contributed by atoms with Crippen LogP contribution >= 0.6 is 23.2 Å². The lowest BCUT2D eigenvalue weighted by molar-refractivity contribution is -0.128. The highest BCUT2D eigenvalue weighted by Gasteiger charge is 2.26. The first kappa shape index (κ1) is 16.4. The van der Waals surface area contributed by atoms with Gasteiger partial charge in [0, 0.05) is 11.6 Å². The van der Waals surface area contributed by atoms with Crippen molar-refractivity contribution in [2.75, 3.05) is 6.61 Å². The quantitative estimate of drug-likeness (QED) is 0.898. The van der Waals surface area contributed by atoms with Gasteiger partial charge in [-0.05, 0) is 44.9 Å². The second kappa shape index (κ2) is 7.34. The van der Waals surface area contributed by atoms with Gasteiger partial charge in [-0.1, -0.05) is 23.2 Å². The highest BCUT2D eigenvalue weighted by molar-refractivity contribution is 6.35. The van der Waals surface area contributed by atoms with E-state index in [2.05, 4.69) is 5.32 Å². The van der Waals surface area contributed by atoms with Crippen LogP contribution in [0.1, 0.15) is 26.7 Å². The fourth-order valence-corrected chi connectivity index (χ4v) is 2.70. The Kier molecular flexibility index (Phi) is 5.73. The Morgan fingerprint density at radius 3 is 2.81 bits per heavy atom. The molecule has 1 aliphatic rings. The van der Waals surface area contributed by atoms with Gasteiger partial charge in [0.2, 0.25) is 0 Å². The second-order valence-electron chi connectivity index (χ2n) is 5.18. The molecule has 6 heteroatoms. The third kappa shape index (κ3) is 4.50. The van der Waals surface area contributed by atoms with Gasteiger partial charge in [0.05, 0.1) is 17.2 Å². The summed E-state index contributed by atoms with van der Waals surface area (Å²) >= 11 is 11.9. The van der Waals surface area contributed by atoms with E-state index >= 15 is 0 Å². The Balaban J connectivity index is 1.89. The zero-order valence-corrected chi connectivity index (χ0v) is 13.6. The molecule has 1 N–H and O–H groups in total. The summed E-state index contributed by atoms with van der Waals surface area (Å²) in [6.07, 6.45) is 1.45. The van der Waals surface area contributed by atoms with Crippen LogP contribution in [0.4, 0.5) is 0 Å². The molecule has 1 heterocycles. The van der Waals surface area contributed by atoms with E-state index in [9.17, 15) is 4.79 Å². The molecule has 2 rings (SSSR count). The topological polar surface area (TPSA) is 47.6 Å². The molecule has 3 atom stereocenters. The van der Waals surface area contributed by atoms with Gasteiger partial charge in [0.1, 0.15) is 5.75 Å². The van der Waals surface area contributed by atoms with Gasteiger partial charge in [0.15, 0.2) is 6.10 Å². The molecule has 4 nitrogen and oxygen atoms in total. The van der Waals surface area contributed by atoms with Crippen molar-refractivity contribution in [1.29, 1.82) is 0 Å². The van der Waals surface area contributed by atoms with Gasteiger partial charge in [-0.2, -0.15) is 0 Å². The monoisotopic (exact) mass is 331 g/mol. The molecule has 0 saturated carbocycles. The SMILES string of the molecule is C[C@H](Oc1ccc(Cl)cc1Cl)C(=O)N[C@H](C)[C@H]1CCCO1. The highest BCUT2D eigenvalue weighted by atomic mass is 35.5. The Hall–Kier alpha value is -0.970. The molecule has 1 fully saturated rings. The molecule has 0 unspecified atom stereocenters. The van der Waals surface area contributed by atoms with Crippen molar-refractivity contribution in [3.63, 3.8) is 0 Å². The standard InChI is InChI=1S/C15H19Cl2NO3/c1-9(13-4-3-7-20-13)18-15(19)10(2)21-14-6-5-11(16)8-12(14)17/h5-6,8-10,13H,3-4,7H2,1-2H3,(H,18,19)/t9-,10+,13-/m1/s1. The number of benzene rings is 1. The molecule has 0 bridgehead atoms. The lowest BCUT2D eigenvalue weighted by Crippen LogP contribution is -2.46. The average Bonchev–Trinajstić information content (AvgIpc) is 2.95. The summed E-state index contributed by atoms with van der Waals surface area (Å²) in [6, 6.07) is 4.87. The zero-order valence-electron chi connectivity index (χ0n) is 12.1. The van der Waals surface area contributed by atoms with E-state index in [1.54, 1.807) is 25.1 Å². The van der Waals surface area contributed by atoms with Crippen LogP contribution in [0, 0.1) is 0 Å². The molecular formula is C15H19Cl2NO3. The number of hydrogen-bond donors (Lipinski definition) is 1. The van der Waals surface area contributed by atoms with Crippen molar-refractivity contribution in [3.8, 4) is 5.75 Å². The van der Waals surface area contributed by atoms with Gasteiger partial charge in [-0.25, -0.2) is 0 Å². The molecule has 1 aromatic rings. The summed E-state index contributed by atoms with van der Waals surface area (Å²) in [7, 11) is 0. The smallest absolute Gasteiger partial charge is 0.261 e. The van der Waals surface area contributed by atoms with Crippen molar-refractivity contribution < 1.29 is 14.3 Å². The first-order chi connectivity index (χ1) is 9.97. The number of rotatable bonds is 5. The Bertz CT molecular complexity index is 504. The van der Waals surface area contributed by atoms with Gasteiger partial charge >= 0.3 is 0 Å². The van der Waals surface area contributed by atoms with E-state index in [-0.39, 0.29) is 18.1 Å². The van der Waals surface area contributed by atoms with Crippen LogP contribution in [0.25, 0.3) is 0 Å². The first-order valence-electron chi connectivity index (χ1n) is 7.01. The molecule has 0 aromatic heterocycles. The van der Waals surface area contributed by atoms with Crippen LogP contribution in [0.2, 0.25) is 10.0 Å². The third-order valence-electron chi connectivity index (χ3n) is 3.46. The molecule has 1 aliphatic heterocycles. The summed E-state index contributed by atoms with van der Waals surface area (Å²) < 4.78 is 11.1. The fourth-order valence-electron chi connectivity index (χ4n) is 2.25. The summed E-state index contributed by atoms with van der Waals surface area (Å²) in [4.78, 5) is 12.1. The van der Waals surface area contributed by atoms with Crippen molar-refractivity contribution in [1.82, 2.24) is 5.32 Å². The number of hydrogen-bond acceptors (Lipinski definition) is 3. The first-order valence-corrected chi connectivity index (χ1v) is 7.76. The van der Waals surface area contributed by atoms with Crippen molar-refractivity contribution in [2.24, 2.45) is 0 Å². The molecule has 1 saturated heterocycles. The maximum Gasteiger partial charge on any atom is 0.261 e. The zero-order chi connectivity index (χ0) is 15.4. The van der Waals surface area contributed by atoms with Gasteiger partial charge in [0.25, 0.3) is 5.91 Å². The van der Waals surface area contributed by atoms with Crippen molar-refractivity contribution in [3.05, 3.63) is 28.2 Å². The Morgan fingerprint density at radius 1 is 1.43 bits per heavy atom. The van der Waals surface area contributed by atoms with Gasteiger partial charge in [-0.15, -0.1) is 0 Å². The maximum absolute atomic E-state index is 12.1. The highest BCUT2D eigenvalue weighted by Crippen LogP contribution is 2.28. The largest absolute Gasteiger partial charge is 0.479 e. The van der Waals surface area contributed by atoms with Crippen LogP contribution in [-0.4, -0.2) is 30.8 Å². The molecule has 1 aromatic carbocycles. The molecule has 0 aliphatic carbocycles. The number of amides is 1. The number of nitrogens with one attached hydrogen (secondary N) is 1. The van der Waals surface area contributed by atoms with E-state index in [4.69, 9.17) is 32.7 Å². The second-order valence-corrected chi connectivity index (χ2v) is 6.03. The summed E-state index contributed by atoms with van der Waals surface area (Å²) in [6.45, 7) is 4.38. The van der Waals surface area contributed by atoms with Crippen molar-refractivity contribution in [2.45, 2.75) is 44.9 Å². The Labute approximate surface area is 134 Å².